The van der Waals surface area contributed by atoms with Gasteiger partial charge in [0.15, 0.2) is 6.29 Å². The number of anilines is 1. The fourth-order valence-electron chi connectivity index (χ4n) is 3.67. The van der Waals surface area contributed by atoms with Crippen molar-refractivity contribution in [2.45, 2.75) is 25.7 Å². The lowest BCUT2D eigenvalue weighted by Gasteiger charge is -2.38. The van der Waals surface area contributed by atoms with Gasteiger partial charge in [-0.25, -0.2) is 0 Å². The molecule has 0 aromatic heterocycles. The average molecular weight is 293 g/mol. The highest BCUT2D eigenvalue weighted by atomic mass is 16.5. The molecule has 0 spiro atoms. The average Bonchev–Trinajstić information content (AvgIpc) is 2.58. The molecule has 3 heteroatoms. The number of hydrogen-bond donors (Lipinski definition) is 0. The monoisotopic (exact) mass is 293 g/mol. The van der Waals surface area contributed by atoms with Crippen LogP contribution in [-0.4, -0.2) is 19.4 Å². The standard InChI is InChI=1S/C19H19NO2/c21-13-15-12-14-6-4-10-20-11-5-9-17(18(14)20)19(15)22-16-7-2-1-3-8-16/h1-3,7-8,12-13H,4-6,9-11H2. The molecular formula is C19H19NO2. The first-order valence-electron chi connectivity index (χ1n) is 7.98. The summed E-state index contributed by atoms with van der Waals surface area (Å²) in [6.45, 7) is 2.23. The van der Waals surface area contributed by atoms with Crippen LogP contribution in [0, 0.1) is 0 Å². The fourth-order valence-corrected chi connectivity index (χ4v) is 3.67. The molecule has 2 aromatic carbocycles. The van der Waals surface area contributed by atoms with Crippen molar-refractivity contribution >= 4 is 12.0 Å². The number of rotatable bonds is 3. The summed E-state index contributed by atoms with van der Waals surface area (Å²) < 4.78 is 6.11. The number of ether oxygens (including phenoxy) is 1. The Balaban J connectivity index is 1.86. The predicted molar refractivity (Wildman–Crippen MR) is 87.2 cm³/mol. The lowest BCUT2D eigenvalue weighted by atomic mass is 9.89. The maximum absolute atomic E-state index is 11.6. The molecule has 0 atom stereocenters. The molecule has 0 N–H and O–H groups in total. The van der Waals surface area contributed by atoms with E-state index < -0.39 is 0 Å². The number of benzene rings is 2. The third-order valence-corrected chi connectivity index (χ3v) is 4.59. The van der Waals surface area contributed by atoms with E-state index in [9.17, 15) is 4.79 Å². The minimum absolute atomic E-state index is 0.682. The second-order valence-electron chi connectivity index (χ2n) is 6.01. The van der Waals surface area contributed by atoms with Crippen molar-refractivity contribution < 1.29 is 9.53 Å². The Morgan fingerprint density at radius 1 is 1.05 bits per heavy atom. The van der Waals surface area contributed by atoms with Gasteiger partial charge in [-0.1, -0.05) is 18.2 Å². The summed E-state index contributed by atoms with van der Waals surface area (Å²) in [5.74, 6) is 1.54. The predicted octanol–water partition coefficient (Wildman–Crippen LogP) is 3.99. The van der Waals surface area contributed by atoms with Gasteiger partial charge in [-0.15, -0.1) is 0 Å². The zero-order chi connectivity index (χ0) is 14.9. The van der Waals surface area contributed by atoms with E-state index in [-0.39, 0.29) is 0 Å². The van der Waals surface area contributed by atoms with E-state index in [2.05, 4.69) is 4.90 Å². The first kappa shape index (κ1) is 13.4. The first-order valence-corrected chi connectivity index (χ1v) is 7.98. The summed E-state index contributed by atoms with van der Waals surface area (Å²) >= 11 is 0. The van der Waals surface area contributed by atoms with E-state index in [0.29, 0.717) is 5.56 Å². The molecule has 2 aromatic rings. The van der Waals surface area contributed by atoms with Crippen molar-refractivity contribution in [1.29, 1.82) is 0 Å². The van der Waals surface area contributed by atoms with Gasteiger partial charge in [0.2, 0.25) is 0 Å². The Labute approximate surface area is 130 Å². The molecule has 2 aliphatic rings. The van der Waals surface area contributed by atoms with Crippen LogP contribution in [0.3, 0.4) is 0 Å². The Kier molecular flexibility index (Phi) is 3.34. The molecule has 0 radical (unpaired) electrons. The Bertz CT molecular complexity index is 707. The van der Waals surface area contributed by atoms with Crippen LogP contribution in [0.15, 0.2) is 36.4 Å². The van der Waals surface area contributed by atoms with Gasteiger partial charge in [0.25, 0.3) is 0 Å². The Hall–Kier alpha value is -2.29. The topological polar surface area (TPSA) is 29.5 Å². The lowest BCUT2D eigenvalue weighted by molar-refractivity contribution is 0.112. The van der Waals surface area contributed by atoms with Crippen LogP contribution >= 0.6 is 0 Å². The molecule has 0 bridgehead atoms. The van der Waals surface area contributed by atoms with Crippen LogP contribution < -0.4 is 9.64 Å². The fraction of sp³-hybridized carbons (Fsp3) is 0.316. The second-order valence-corrected chi connectivity index (χ2v) is 6.01. The molecular weight excluding hydrogens is 274 g/mol. The molecule has 3 nitrogen and oxygen atoms in total. The van der Waals surface area contributed by atoms with Gasteiger partial charge >= 0.3 is 0 Å². The number of aryl methyl sites for hydroxylation is 1. The van der Waals surface area contributed by atoms with E-state index in [1.165, 1.54) is 23.2 Å². The molecule has 4 rings (SSSR count). The highest BCUT2D eigenvalue weighted by Gasteiger charge is 2.28. The third-order valence-electron chi connectivity index (χ3n) is 4.59. The lowest BCUT2D eigenvalue weighted by Crippen LogP contribution is -2.34. The molecule has 2 aliphatic heterocycles. The molecule has 2 heterocycles. The SMILES string of the molecule is O=Cc1cc2c3c(c1Oc1ccccc1)CCCN3CCC2. The normalized spacial score (nSPS) is 16.1. The molecule has 112 valence electrons. The van der Waals surface area contributed by atoms with Crippen molar-refractivity contribution in [3.63, 3.8) is 0 Å². The van der Waals surface area contributed by atoms with Crippen LogP contribution in [0.5, 0.6) is 11.5 Å². The number of carbonyl (C=O) groups is 1. The largest absolute Gasteiger partial charge is 0.456 e. The number of hydrogen-bond acceptors (Lipinski definition) is 3. The molecule has 0 saturated carbocycles. The van der Waals surface area contributed by atoms with Gasteiger partial charge in [-0.05, 0) is 49.4 Å². The van der Waals surface area contributed by atoms with Crippen LogP contribution in [0.4, 0.5) is 5.69 Å². The van der Waals surface area contributed by atoms with Crippen LogP contribution in [0.2, 0.25) is 0 Å². The minimum Gasteiger partial charge on any atom is -0.456 e. The summed E-state index contributed by atoms with van der Waals surface area (Å²) in [6, 6.07) is 11.8. The highest BCUT2D eigenvalue weighted by molar-refractivity contribution is 5.85. The van der Waals surface area contributed by atoms with E-state index in [4.69, 9.17) is 4.74 Å². The van der Waals surface area contributed by atoms with E-state index in [1.807, 2.05) is 36.4 Å². The van der Waals surface area contributed by atoms with Crippen LogP contribution in [0.25, 0.3) is 0 Å². The number of carbonyl (C=O) groups excluding carboxylic acids is 1. The summed E-state index contributed by atoms with van der Waals surface area (Å²) in [6.07, 6.45) is 5.28. The summed E-state index contributed by atoms with van der Waals surface area (Å²) in [5, 5.41) is 0. The third kappa shape index (κ3) is 2.17. The maximum atomic E-state index is 11.6. The Morgan fingerprint density at radius 2 is 1.82 bits per heavy atom. The molecule has 0 amide bonds. The summed E-state index contributed by atoms with van der Waals surface area (Å²) in [7, 11) is 0. The van der Waals surface area contributed by atoms with Crippen LogP contribution in [0.1, 0.15) is 34.3 Å². The first-order chi connectivity index (χ1) is 10.9. The molecule has 22 heavy (non-hydrogen) atoms. The number of nitrogens with zero attached hydrogens (tertiary/aromatic N) is 1. The highest BCUT2D eigenvalue weighted by Crippen LogP contribution is 2.43. The van der Waals surface area contributed by atoms with Gasteiger partial charge in [0.1, 0.15) is 11.5 Å². The van der Waals surface area contributed by atoms with Gasteiger partial charge in [-0.3, -0.25) is 4.79 Å². The van der Waals surface area contributed by atoms with Crippen molar-refractivity contribution in [3.05, 3.63) is 53.1 Å². The van der Waals surface area contributed by atoms with Crippen molar-refractivity contribution in [2.75, 3.05) is 18.0 Å². The molecule has 0 saturated heterocycles. The van der Waals surface area contributed by atoms with Gasteiger partial charge in [-0.2, -0.15) is 0 Å². The Morgan fingerprint density at radius 3 is 2.59 bits per heavy atom. The van der Waals surface area contributed by atoms with Gasteiger partial charge in [0.05, 0.1) is 5.56 Å². The number of para-hydroxylation sites is 1. The zero-order valence-corrected chi connectivity index (χ0v) is 12.5. The van der Waals surface area contributed by atoms with Crippen molar-refractivity contribution in [2.24, 2.45) is 0 Å². The van der Waals surface area contributed by atoms with Crippen LogP contribution in [-0.2, 0) is 12.8 Å². The zero-order valence-electron chi connectivity index (χ0n) is 12.5. The molecule has 0 unspecified atom stereocenters. The molecule has 0 fully saturated rings. The van der Waals surface area contributed by atoms with E-state index in [0.717, 1.165) is 50.1 Å². The van der Waals surface area contributed by atoms with E-state index >= 15 is 0 Å². The second kappa shape index (κ2) is 5.48. The summed E-state index contributed by atoms with van der Waals surface area (Å²) in [4.78, 5) is 14.0. The van der Waals surface area contributed by atoms with Crippen molar-refractivity contribution in [3.8, 4) is 11.5 Å². The van der Waals surface area contributed by atoms with Crippen molar-refractivity contribution in [1.82, 2.24) is 0 Å². The smallest absolute Gasteiger partial charge is 0.153 e. The van der Waals surface area contributed by atoms with E-state index in [1.54, 1.807) is 0 Å². The quantitative estimate of drug-likeness (QED) is 0.801. The van der Waals surface area contributed by atoms with Gasteiger partial charge < -0.3 is 9.64 Å². The summed E-state index contributed by atoms with van der Waals surface area (Å²) in [5.41, 5.74) is 4.54. The molecule has 0 aliphatic carbocycles. The number of aldehydes is 1. The maximum Gasteiger partial charge on any atom is 0.153 e. The minimum atomic E-state index is 0.682. The van der Waals surface area contributed by atoms with Gasteiger partial charge in [0, 0.05) is 24.3 Å².